The van der Waals surface area contributed by atoms with Crippen LogP contribution in [0, 0.1) is 29.9 Å². The second kappa shape index (κ2) is 6.16. The van der Waals surface area contributed by atoms with Crippen molar-refractivity contribution in [1.82, 2.24) is 0 Å². The maximum atomic E-state index is 13.4. The first-order valence-corrected chi connectivity index (χ1v) is 6.29. The third kappa shape index (κ3) is 3.12. The molecule has 0 amide bonds. The van der Waals surface area contributed by atoms with E-state index in [1.165, 1.54) is 18.2 Å². The molecule has 0 aliphatic carbocycles. The van der Waals surface area contributed by atoms with Crippen molar-refractivity contribution in [3.63, 3.8) is 0 Å². The molecular formula is C16H14F2N2. The zero-order valence-corrected chi connectivity index (χ0v) is 11.1. The van der Waals surface area contributed by atoms with Gasteiger partial charge in [-0.25, -0.2) is 8.78 Å². The van der Waals surface area contributed by atoms with Gasteiger partial charge in [-0.2, -0.15) is 5.26 Å². The van der Waals surface area contributed by atoms with Crippen LogP contribution in [0.25, 0.3) is 0 Å². The van der Waals surface area contributed by atoms with Gasteiger partial charge in [0.15, 0.2) is 0 Å². The highest BCUT2D eigenvalue weighted by Gasteiger charge is 2.07. The van der Waals surface area contributed by atoms with Gasteiger partial charge >= 0.3 is 0 Å². The van der Waals surface area contributed by atoms with Crippen LogP contribution >= 0.6 is 0 Å². The Bertz CT molecular complexity index is 660. The number of hydrogen-bond acceptors (Lipinski definition) is 2. The summed E-state index contributed by atoms with van der Waals surface area (Å²) >= 11 is 0. The highest BCUT2D eigenvalue weighted by molar-refractivity contribution is 5.57. The molecule has 0 aliphatic heterocycles. The number of rotatable bonds is 4. The number of aryl methyl sites for hydroxylation is 1. The molecule has 2 aromatic rings. The Hall–Kier alpha value is -2.41. The lowest BCUT2D eigenvalue weighted by atomic mass is 10.1. The molecule has 0 bridgehead atoms. The summed E-state index contributed by atoms with van der Waals surface area (Å²) in [6, 6.07) is 11.0. The molecule has 2 aromatic carbocycles. The van der Waals surface area contributed by atoms with Crippen LogP contribution < -0.4 is 5.32 Å². The molecular weight excluding hydrogens is 258 g/mol. The molecule has 0 spiro atoms. The fourth-order valence-corrected chi connectivity index (χ4v) is 2.06. The van der Waals surface area contributed by atoms with E-state index >= 15 is 0 Å². The van der Waals surface area contributed by atoms with Gasteiger partial charge in [-0.3, -0.25) is 0 Å². The van der Waals surface area contributed by atoms with Crippen LogP contribution in [0.2, 0.25) is 0 Å². The maximum absolute atomic E-state index is 13.4. The molecule has 102 valence electrons. The third-order valence-corrected chi connectivity index (χ3v) is 3.14. The highest BCUT2D eigenvalue weighted by atomic mass is 19.1. The Morgan fingerprint density at radius 2 is 2.00 bits per heavy atom. The molecule has 2 rings (SSSR count). The molecule has 0 radical (unpaired) electrons. The third-order valence-electron chi connectivity index (χ3n) is 3.14. The largest absolute Gasteiger partial charge is 0.384 e. The summed E-state index contributed by atoms with van der Waals surface area (Å²) < 4.78 is 26.4. The van der Waals surface area contributed by atoms with E-state index in [0.717, 1.165) is 11.1 Å². The van der Waals surface area contributed by atoms with E-state index in [1.807, 2.05) is 13.0 Å². The standard InChI is InChI=1S/C16H14F2N2/c1-11-9-13(17)6-5-12(11)7-8-20-16-4-2-3-15(18)14(16)10-19/h2-6,9,20H,7-8H2,1H3. The van der Waals surface area contributed by atoms with Crippen LogP contribution in [0.1, 0.15) is 16.7 Å². The summed E-state index contributed by atoms with van der Waals surface area (Å²) in [6.45, 7) is 2.39. The smallest absolute Gasteiger partial charge is 0.143 e. The van der Waals surface area contributed by atoms with E-state index < -0.39 is 5.82 Å². The number of nitriles is 1. The van der Waals surface area contributed by atoms with E-state index in [2.05, 4.69) is 5.32 Å². The lowest BCUT2D eigenvalue weighted by Gasteiger charge is -2.10. The van der Waals surface area contributed by atoms with Gasteiger partial charge in [0.05, 0.1) is 5.69 Å². The van der Waals surface area contributed by atoms with E-state index in [-0.39, 0.29) is 11.4 Å². The monoisotopic (exact) mass is 272 g/mol. The van der Waals surface area contributed by atoms with Crippen molar-refractivity contribution in [3.8, 4) is 6.07 Å². The summed E-state index contributed by atoms with van der Waals surface area (Å²) in [5.41, 5.74) is 2.40. The Morgan fingerprint density at radius 1 is 1.20 bits per heavy atom. The number of nitrogens with one attached hydrogen (secondary N) is 1. The molecule has 0 saturated heterocycles. The molecule has 1 N–H and O–H groups in total. The zero-order chi connectivity index (χ0) is 14.5. The van der Waals surface area contributed by atoms with Crippen LogP contribution in [-0.4, -0.2) is 6.54 Å². The van der Waals surface area contributed by atoms with Crippen molar-refractivity contribution in [3.05, 3.63) is 64.7 Å². The molecule has 0 aromatic heterocycles. The fourth-order valence-electron chi connectivity index (χ4n) is 2.06. The first-order valence-electron chi connectivity index (χ1n) is 6.29. The van der Waals surface area contributed by atoms with Gasteiger partial charge in [-0.15, -0.1) is 0 Å². The normalized spacial score (nSPS) is 10.1. The Kier molecular flexibility index (Phi) is 4.31. The topological polar surface area (TPSA) is 35.8 Å². The van der Waals surface area contributed by atoms with Gasteiger partial charge in [0, 0.05) is 6.54 Å². The second-order valence-electron chi connectivity index (χ2n) is 4.52. The van der Waals surface area contributed by atoms with E-state index in [1.54, 1.807) is 18.2 Å². The van der Waals surface area contributed by atoms with Crippen molar-refractivity contribution in [1.29, 1.82) is 5.26 Å². The Labute approximate surface area is 116 Å². The summed E-state index contributed by atoms with van der Waals surface area (Å²) in [4.78, 5) is 0. The average molecular weight is 272 g/mol. The SMILES string of the molecule is Cc1cc(F)ccc1CCNc1cccc(F)c1C#N. The number of nitrogens with zero attached hydrogens (tertiary/aromatic N) is 1. The number of hydrogen-bond donors (Lipinski definition) is 1. The molecule has 0 saturated carbocycles. The second-order valence-corrected chi connectivity index (χ2v) is 4.52. The minimum Gasteiger partial charge on any atom is -0.384 e. The molecule has 0 atom stereocenters. The molecule has 0 unspecified atom stereocenters. The summed E-state index contributed by atoms with van der Waals surface area (Å²) in [7, 11) is 0. The fraction of sp³-hybridized carbons (Fsp3) is 0.188. The zero-order valence-electron chi connectivity index (χ0n) is 11.1. The summed E-state index contributed by atoms with van der Waals surface area (Å²) in [5.74, 6) is -0.786. The molecule has 20 heavy (non-hydrogen) atoms. The maximum Gasteiger partial charge on any atom is 0.143 e. The van der Waals surface area contributed by atoms with E-state index in [0.29, 0.717) is 18.7 Å². The van der Waals surface area contributed by atoms with Crippen LogP contribution in [-0.2, 0) is 6.42 Å². The summed E-state index contributed by atoms with van der Waals surface area (Å²) in [6.07, 6.45) is 0.674. The van der Waals surface area contributed by atoms with Crippen molar-refractivity contribution in [2.45, 2.75) is 13.3 Å². The van der Waals surface area contributed by atoms with Gasteiger partial charge in [0.1, 0.15) is 23.3 Å². The van der Waals surface area contributed by atoms with Gasteiger partial charge in [-0.1, -0.05) is 12.1 Å². The molecule has 0 heterocycles. The molecule has 4 heteroatoms. The van der Waals surface area contributed by atoms with E-state index in [9.17, 15) is 8.78 Å². The quantitative estimate of drug-likeness (QED) is 0.919. The first-order chi connectivity index (χ1) is 9.61. The number of halogens is 2. The van der Waals surface area contributed by atoms with Crippen molar-refractivity contribution in [2.75, 3.05) is 11.9 Å². The van der Waals surface area contributed by atoms with Crippen LogP contribution in [0.5, 0.6) is 0 Å². The number of benzene rings is 2. The van der Waals surface area contributed by atoms with Crippen LogP contribution in [0.15, 0.2) is 36.4 Å². The molecule has 2 nitrogen and oxygen atoms in total. The van der Waals surface area contributed by atoms with Crippen LogP contribution in [0.3, 0.4) is 0 Å². The predicted molar refractivity (Wildman–Crippen MR) is 74.4 cm³/mol. The predicted octanol–water partition coefficient (Wildman–Crippen LogP) is 3.80. The van der Waals surface area contributed by atoms with Gasteiger partial charge in [0.25, 0.3) is 0 Å². The van der Waals surface area contributed by atoms with Crippen molar-refractivity contribution < 1.29 is 8.78 Å². The van der Waals surface area contributed by atoms with Crippen molar-refractivity contribution >= 4 is 5.69 Å². The van der Waals surface area contributed by atoms with Gasteiger partial charge in [-0.05, 0) is 48.7 Å². The number of anilines is 1. The highest BCUT2D eigenvalue weighted by Crippen LogP contribution is 2.18. The minimum absolute atomic E-state index is 0.0170. The average Bonchev–Trinajstić information content (AvgIpc) is 2.41. The lowest BCUT2D eigenvalue weighted by Crippen LogP contribution is -2.08. The molecule has 0 aliphatic rings. The molecule has 0 fully saturated rings. The van der Waals surface area contributed by atoms with Gasteiger partial charge in [0.2, 0.25) is 0 Å². The van der Waals surface area contributed by atoms with Crippen molar-refractivity contribution in [2.24, 2.45) is 0 Å². The van der Waals surface area contributed by atoms with E-state index in [4.69, 9.17) is 5.26 Å². The van der Waals surface area contributed by atoms with Crippen LogP contribution in [0.4, 0.5) is 14.5 Å². The minimum atomic E-state index is -0.532. The Morgan fingerprint density at radius 3 is 2.70 bits per heavy atom. The first kappa shape index (κ1) is 14.0. The summed E-state index contributed by atoms with van der Waals surface area (Å²) in [5, 5.41) is 12.0. The lowest BCUT2D eigenvalue weighted by molar-refractivity contribution is 0.624. The Balaban J connectivity index is 2.03. The van der Waals surface area contributed by atoms with Gasteiger partial charge < -0.3 is 5.32 Å².